The summed E-state index contributed by atoms with van der Waals surface area (Å²) in [4.78, 5) is 20.2. The first-order chi connectivity index (χ1) is 7.95. The third-order valence-corrected chi connectivity index (χ3v) is 2.56. The van der Waals surface area contributed by atoms with Crippen molar-refractivity contribution >= 4 is 12.2 Å². The number of amides is 2. The Morgan fingerprint density at radius 1 is 1.17 bits per heavy atom. The summed E-state index contributed by atoms with van der Waals surface area (Å²) in [5.74, 6) is 0. The molecule has 0 rings (SSSR count). The molecular weight excluding hydrogens is 236 g/mol. The van der Waals surface area contributed by atoms with Gasteiger partial charge in [-0.1, -0.05) is 13.8 Å². The van der Waals surface area contributed by atoms with Gasteiger partial charge in [0, 0.05) is 5.54 Å². The van der Waals surface area contributed by atoms with Gasteiger partial charge in [-0.05, 0) is 40.5 Å². The molecule has 0 aromatic rings. The van der Waals surface area contributed by atoms with E-state index in [1.165, 1.54) is 0 Å². The van der Waals surface area contributed by atoms with Gasteiger partial charge in [-0.25, -0.2) is 9.59 Å². The summed E-state index contributed by atoms with van der Waals surface area (Å²) in [6.07, 6.45) is -0.0846. The minimum Gasteiger partial charge on any atom is -0.465 e. The zero-order chi connectivity index (χ0) is 15.0. The molecule has 0 aliphatic rings. The Labute approximate surface area is 109 Å². The summed E-state index contributed by atoms with van der Waals surface area (Å²) in [6.45, 7) is 11.2. The van der Waals surface area contributed by atoms with E-state index in [0.29, 0.717) is 0 Å². The Morgan fingerprint density at radius 3 is 1.72 bits per heavy atom. The second-order valence-electron chi connectivity index (χ2n) is 5.20. The van der Waals surface area contributed by atoms with Crippen LogP contribution in [0.4, 0.5) is 9.59 Å². The maximum Gasteiger partial charge on any atom is 0.405 e. The van der Waals surface area contributed by atoms with Gasteiger partial charge in [-0.2, -0.15) is 0 Å². The molecule has 0 aliphatic carbocycles. The van der Waals surface area contributed by atoms with Crippen LogP contribution in [0.1, 0.15) is 54.4 Å². The van der Waals surface area contributed by atoms with Gasteiger partial charge in [0.2, 0.25) is 0 Å². The molecule has 18 heavy (non-hydrogen) atoms. The quantitative estimate of drug-likeness (QED) is 0.724. The second-order valence-corrected chi connectivity index (χ2v) is 5.20. The molecule has 108 valence electrons. The fraction of sp³-hybridized carbons (Fsp3) is 0.833. The highest BCUT2D eigenvalue weighted by atomic mass is 16.6. The average molecular weight is 262 g/mol. The number of hydrogen-bond acceptors (Lipinski definition) is 3. The molecule has 0 aliphatic heterocycles. The van der Waals surface area contributed by atoms with Gasteiger partial charge in [-0.3, -0.25) is 0 Å². The van der Waals surface area contributed by atoms with E-state index in [1.54, 1.807) is 0 Å². The zero-order valence-electron chi connectivity index (χ0n) is 12.2. The van der Waals surface area contributed by atoms with Gasteiger partial charge in [0.15, 0.2) is 0 Å². The third-order valence-electron chi connectivity index (χ3n) is 2.56. The van der Waals surface area contributed by atoms with Crippen LogP contribution < -0.4 is 11.1 Å². The minimum absolute atomic E-state index is 0.286. The van der Waals surface area contributed by atoms with Crippen LogP contribution in [0.3, 0.4) is 0 Å². The van der Waals surface area contributed by atoms with Crippen LogP contribution >= 0.6 is 0 Å². The number of ether oxygens (including phenoxy) is 1. The molecule has 0 radical (unpaired) electrons. The predicted octanol–water partition coefficient (Wildman–Crippen LogP) is 2.71. The van der Waals surface area contributed by atoms with Crippen LogP contribution in [0.15, 0.2) is 0 Å². The van der Waals surface area contributed by atoms with E-state index in [9.17, 15) is 9.59 Å². The van der Waals surface area contributed by atoms with Gasteiger partial charge in [0.1, 0.15) is 5.60 Å². The van der Waals surface area contributed by atoms with Crippen molar-refractivity contribution in [2.75, 3.05) is 0 Å². The van der Waals surface area contributed by atoms with Crippen LogP contribution in [0.5, 0.6) is 0 Å². The number of carbonyl (C=O) groups is 2. The topological polar surface area (TPSA) is 102 Å². The normalized spacial score (nSPS) is 11.0. The molecule has 4 N–H and O–H groups in total. The maximum atomic E-state index is 10.2. The Balaban J connectivity index is 0. The lowest BCUT2D eigenvalue weighted by Gasteiger charge is -2.21. The average Bonchev–Trinajstić information content (AvgIpc) is 2.15. The van der Waals surface area contributed by atoms with Crippen molar-refractivity contribution in [2.45, 2.75) is 65.5 Å². The SMILES string of the molecule is CCC(C)(C)NC(=O)O.CCC(C)(C)OC(N)=O. The van der Waals surface area contributed by atoms with Gasteiger partial charge in [0.25, 0.3) is 0 Å². The van der Waals surface area contributed by atoms with Crippen molar-refractivity contribution < 1.29 is 19.4 Å². The Hall–Kier alpha value is -1.46. The lowest BCUT2D eigenvalue weighted by Crippen LogP contribution is -2.41. The summed E-state index contributed by atoms with van der Waals surface area (Å²) in [5.41, 5.74) is 4.10. The highest BCUT2D eigenvalue weighted by Crippen LogP contribution is 2.12. The van der Waals surface area contributed by atoms with E-state index in [-0.39, 0.29) is 5.54 Å². The highest BCUT2D eigenvalue weighted by molar-refractivity contribution is 5.65. The second kappa shape index (κ2) is 7.79. The largest absolute Gasteiger partial charge is 0.465 e. The van der Waals surface area contributed by atoms with Crippen molar-refractivity contribution in [3.63, 3.8) is 0 Å². The first-order valence-corrected chi connectivity index (χ1v) is 5.95. The molecule has 0 saturated carbocycles. The van der Waals surface area contributed by atoms with E-state index in [0.717, 1.165) is 12.8 Å². The molecular formula is C12H26N2O4. The molecule has 0 heterocycles. The number of carbonyl (C=O) groups excluding carboxylic acids is 1. The molecule has 0 fully saturated rings. The van der Waals surface area contributed by atoms with Crippen molar-refractivity contribution in [3.8, 4) is 0 Å². The van der Waals surface area contributed by atoms with Gasteiger partial charge >= 0.3 is 12.2 Å². The van der Waals surface area contributed by atoms with Crippen LogP contribution in [-0.2, 0) is 4.74 Å². The summed E-state index contributed by atoms with van der Waals surface area (Å²) >= 11 is 0. The van der Waals surface area contributed by atoms with Gasteiger partial charge in [-0.15, -0.1) is 0 Å². The zero-order valence-corrected chi connectivity index (χ0v) is 12.2. The number of nitrogens with two attached hydrogens (primary N) is 1. The fourth-order valence-electron chi connectivity index (χ4n) is 0.722. The van der Waals surface area contributed by atoms with E-state index in [4.69, 9.17) is 15.6 Å². The van der Waals surface area contributed by atoms with E-state index < -0.39 is 17.8 Å². The first kappa shape index (κ1) is 18.9. The predicted molar refractivity (Wildman–Crippen MR) is 70.6 cm³/mol. The summed E-state index contributed by atoms with van der Waals surface area (Å²) < 4.78 is 4.73. The molecule has 2 amide bonds. The molecule has 0 aromatic heterocycles. The van der Waals surface area contributed by atoms with Crippen molar-refractivity contribution in [1.29, 1.82) is 0 Å². The summed E-state index contributed by atoms with van der Waals surface area (Å²) in [6, 6.07) is 0. The van der Waals surface area contributed by atoms with Gasteiger partial charge in [0.05, 0.1) is 0 Å². The lowest BCUT2D eigenvalue weighted by atomic mass is 10.0. The van der Waals surface area contributed by atoms with Gasteiger partial charge < -0.3 is 20.9 Å². The van der Waals surface area contributed by atoms with Crippen molar-refractivity contribution in [1.82, 2.24) is 5.32 Å². The van der Waals surface area contributed by atoms with Crippen LogP contribution in [-0.4, -0.2) is 28.4 Å². The molecule has 0 atom stereocenters. The lowest BCUT2D eigenvalue weighted by molar-refractivity contribution is 0.0429. The maximum absolute atomic E-state index is 10.2. The molecule has 0 bridgehead atoms. The molecule has 0 unspecified atom stereocenters. The standard InChI is InChI=1S/2C6H13NO2/c1-4-6(2,3)9-5(7)8;1-4-6(2,3)7-5(8)9/h4H2,1-3H3,(H2,7,8);7H,4H2,1-3H3,(H,8,9). The molecule has 0 aromatic carbocycles. The van der Waals surface area contributed by atoms with Crippen LogP contribution in [0, 0.1) is 0 Å². The third kappa shape index (κ3) is 12.6. The highest BCUT2D eigenvalue weighted by Gasteiger charge is 2.17. The Bertz CT molecular complexity index is 247. The Kier molecular flexibility index (Phi) is 8.17. The van der Waals surface area contributed by atoms with E-state index in [1.807, 2.05) is 41.5 Å². The number of nitrogens with one attached hydrogen (secondary N) is 1. The number of primary amides is 1. The smallest absolute Gasteiger partial charge is 0.405 e. The number of rotatable bonds is 4. The van der Waals surface area contributed by atoms with E-state index >= 15 is 0 Å². The molecule has 0 saturated heterocycles. The summed E-state index contributed by atoms with van der Waals surface area (Å²) in [5, 5.41) is 10.7. The molecule has 6 heteroatoms. The molecule has 6 nitrogen and oxygen atoms in total. The summed E-state index contributed by atoms with van der Waals surface area (Å²) in [7, 11) is 0. The van der Waals surface area contributed by atoms with Crippen molar-refractivity contribution in [3.05, 3.63) is 0 Å². The fourth-order valence-corrected chi connectivity index (χ4v) is 0.722. The minimum atomic E-state index is -0.957. The monoisotopic (exact) mass is 262 g/mol. The molecule has 0 spiro atoms. The Morgan fingerprint density at radius 2 is 1.61 bits per heavy atom. The number of carboxylic acid groups (broad SMARTS) is 1. The van der Waals surface area contributed by atoms with Crippen molar-refractivity contribution in [2.24, 2.45) is 5.73 Å². The van der Waals surface area contributed by atoms with Crippen LogP contribution in [0.25, 0.3) is 0 Å². The number of hydrogen-bond donors (Lipinski definition) is 3. The first-order valence-electron chi connectivity index (χ1n) is 5.95. The van der Waals surface area contributed by atoms with E-state index in [2.05, 4.69) is 5.32 Å². The van der Waals surface area contributed by atoms with Crippen LogP contribution in [0.2, 0.25) is 0 Å².